The van der Waals surface area contributed by atoms with Crippen LogP contribution in [-0.2, 0) is 6.42 Å². The third kappa shape index (κ3) is 4.17. The molecule has 0 radical (unpaired) electrons. The molecule has 1 aromatic carbocycles. The van der Waals surface area contributed by atoms with Crippen molar-refractivity contribution in [2.45, 2.75) is 39.2 Å². The number of hydrogen-bond acceptors (Lipinski definition) is 2. The van der Waals surface area contributed by atoms with Crippen LogP contribution in [0.25, 0.3) is 0 Å². The van der Waals surface area contributed by atoms with Crippen LogP contribution in [-0.4, -0.2) is 12.6 Å². The summed E-state index contributed by atoms with van der Waals surface area (Å²) < 4.78 is 19.0. The highest BCUT2D eigenvalue weighted by molar-refractivity contribution is 6.32. The summed E-state index contributed by atoms with van der Waals surface area (Å²) in [5.41, 5.74) is 6.64. The summed E-state index contributed by atoms with van der Waals surface area (Å²) in [5, 5.41) is 0.316. The zero-order chi connectivity index (χ0) is 12.8. The van der Waals surface area contributed by atoms with Gasteiger partial charge in [-0.15, -0.1) is 0 Å². The van der Waals surface area contributed by atoms with Crippen LogP contribution in [0.3, 0.4) is 0 Å². The van der Waals surface area contributed by atoms with Crippen LogP contribution in [0.5, 0.6) is 5.75 Å². The lowest BCUT2D eigenvalue weighted by Crippen LogP contribution is -2.21. The molecule has 1 rings (SSSR count). The van der Waals surface area contributed by atoms with Gasteiger partial charge in [-0.1, -0.05) is 25.4 Å². The molecule has 0 aromatic heterocycles. The number of halogens is 2. The first-order valence-corrected chi connectivity index (χ1v) is 6.32. The Bertz CT molecular complexity index is 347. The SMILES string of the molecule is CCCOc1c(F)cc(CC(N)CC)cc1Cl. The van der Waals surface area contributed by atoms with E-state index in [4.69, 9.17) is 22.1 Å². The van der Waals surface area contributed by atoms with E-state index in [0.717, 1.165) is 18.4 Å². The lowest BCUT2D eigenvalue weighted by molar-refractivity contribution is 0.301. The summed E-state index contributed by atoms with van der Waals surface area (Å²) in [6.45, 7) is 4.42. The maximum absolute atomic E-state index is 13.7. The van der Waals surface area contributed by atoms with Crippen LogP contribution < -0.4 is 10.5 Å². The molecule has 0 saturated carbocycles. The van der Waals surface area contributed by atoms with E-state index in [1.807, 2.05) is 13.8 Å². The molecule has 0 heterocycles. The van der Waals surface area contributed by atoms with E-state index in [1.165, 1.54) is 6.07 Å². The fourth-order valence-electron chi connectivity index (χ4n) is 1.52. The van der Waals surface area contributed by atoms with Crippen molar-refractivity contribution in [2.24, 2.45) is 5.73 Å². The standard InChI is InChI=1S/C13H19ClFNO/c1-3-5-17-13-11(14)7-9(8-12(13)15)6-10(16)4-2/h7-8,10H,3-6,16H2,1-2H3. The molecular weight excluding hydrogens is 241 g/mol. The molecule has 0 amide bonds. The molecule has 0 spiro atoms. The zero-order valence-electron chi connectivity index (χ0n) is 10.3. The maximum Gasteiger partial charge on any atom is 0.173 e. The number of rotatable bonds is 6. The third-order valence-corrected chi connectivity index (χ3v) is 2.81. The van der Waals surface area contributed by atoms with Gasteiger partial charge in [-0.2, -0.15) is 0 Å². The van der Waals surface area contributed by atoms with E-state index in [1.54, 1.807) is 6.07 Å². The van der Waals surface area contributed by atoms with Crippen molar-refractivity contribution in [3.8, 4) is 5.75 Å². The largest absolute Gasteiger partial charge is 0.489 e. The molecule has 96 valence electrons. The Balaban J connectivity index is 2.85. The van der Waals surface area contributed by atoms with Crippen LogP contribution in [0.1, 0.15) is 32.3 Å². The smallest absolute Gasteiger partial charge is 0.173 e. The highest BCUT2D eigenvalue weighted by atomic mass is 35.5. The molecule has 17 heavy (non-hydrogen) atoms. The number of ether oxygens (including phenoxy) is 1. The minimum Gasteiger partial charge on any atom is -0.489 e. The highest BCUT2D eigenvalue weighted by Crippen LogP contribution is 2.29. The molecule has 4 heteroatoms. The maximum atomic E-state index is 13.7. The predicted octanol–water partition coefficient (Wildman–Crippen LogP) is 3.55. The number of hydrogen-bond donors (Lipinski definition) is 1. The van der Waals surface area contributed by atoms with E-state index in [9.17, 15) is 4.39 Å². The lowest BCUT2D eigenvalue weighted by Gasteiger charge is -2.12. The van der Waals surface area contributed by atoms with E-state index >= 15 is 0 Å². The second-order valence-corrected chi connectivity index (χ2v) is 4.52. The summed E-state index contributed by atoms with van der Waals surface area (Å²) in [6.07, 6.45) is 2.30. The molecule has 0 aliphatic carbocycles. The quantitative estimate of drug-likeness (QED) is 0.848. The molecule has 0 aliphatic rings. The Hall–Kier alpha value is -0.800. The molecule has 2 nitrogen and oxygen atoms in total. The van der Waals surface area contributed by atoms with Gasteiger partial charge in [0.05, 0.1) is 11.6 Å². The van der Waals surface area contributed by atoms with Gasteiger partial charge in [0.15, 0.2) is 11.6 Å². The van der Waals surface area contributed by atoms with Crippen LogP contribution in [0, 0.1) is 5.82 Å². The second kappa shape index (κ2) is 6.82. The fraction of sp³-hybridized carbons (Fsp3) is 0.538. The second-order valence-electron chi connectivity index (χ2n) is 4.11. The summed E-state index contributed by atoms with van der Waals surface area (Å²) in [6, 6.07) is 3.21. The van der Waals surface area contributed by atoms with Gasteiger partial charge in [-0.3, -0.25) is 0 Å². The van der Waals surface area contributed by atoms with Crippen LogP contribution in [0.4, 0.5) is 4.39 Å². The molecule has 0 fully saturated rings. The van der Waals surface area contributed by atoms with Gasteiger partial charge in [-0.05, 0) is 37.0 Å². The van der Waals surface area contributed by atoms with E-state index in [0.29, 0.717) is 18.1 Å². The van der Waals surface area contributed by atoms with E-state index < -0.39 is 5.82 Å². The van der Waals surface area contributed by atoms with E-state index in [-0.39, 0.29) is 11.8 Å². The van der Waals surface area contributed by atoms with Crippen LogP contribution >= 0.6 is 11.6 Å². The Labute approximate surface area is 107 Å². The van der Waals surface area contributed by atoms with Crippen LogP contribution in [0.15, 0.2) is 12.1 Å². The van der Waals surface area contributed by atoms with Crippen molar-refractivity contribution in [3.05, 3.63) is 28.5 Å². The summed E-state index contributed by atoms with van der Waals surface area (Å²) in [4.78, 5) is 0. The van der Waals surface area contributed by atoms with Gasteiger partial charge >= 0.3 is 0 Å². The van der Waals surface area contributed by atoms with Crippen LogP contribution in [0.2, 0.25) is 5.02 Å². The van der Waals surface area contributed by atoms with Gasteiger partial charge in [0.2, 0.25) is 0 Å². The predicted molar refractivity (Wildman–Crippen MR) is 69.2 cm³/mol. The Morgan fingerprint density at radius 3 is 2.65 bits per heavy atom. The average molecular weight is 260 g/mol. The van der Waals surface area contributed by atoms with Crippen molar-refractivity contribution in [3.63, 3.8) is 0 Å². The number of nitrogens with two attached hydrogens (primary N) is 1. The van der Waals surface area contributed by atoms with Gasteiger partial charge in [-0.25, -0.2) is 4.39 Å². The Kier molecular flexibility index (Phi) is 5.72. The summed E-state index contributed by atoms with van der Waals surface area (Å²) >= 11 is 5.99. The number of benzene rings is 1. The Morgan fingerprint density at radius 1 is 1.41 bits per heavy atom. The van der Waals surface area contributed by atoms with Crippen molar-refractivity contribution in [1.29, 1.82) is 0 Å². The molecule has 1 aromatic rings. The van der Waals surface area contributed by atoms with E-state index in [2.05, 4.69) is 0 Å². The van der Waals surface area contributed by atoms with Crippen molar-refractivity contribution in [2.75, 3.05) is 6.61 Å². The van der Waals surface area contributed by atoms with Crippen molar-refractivity contribution < 1.29 is 9.13 Å². The Morgan fingerprint density at radius 2 is 2.12 bits per heavy atom. The van der Waals surface area contributed by atoms with Gasteiger partial charge in [0.25, 0.3) is 0 Å². The fourth-order valence-corrected chi connectivity index (χ4v) is 1.80. The van der Waals surface area contributed by atoms with Gasteiger partial charge in [0, 0.05) is 6.04 Å². The highest BCUT2D eigenvalue weighted by Gasteiger charge is 2.12. The topological polar surface area (TPSA) is 35.2 Å². The van der Waals surface area contributed by atoms with Gasteiger partial charge in [0.1, 0.15) is 0 Å². The lowest BCUT2D eigenvalue weighted by atomic mass is 10.0. The molecule has 0 bridgehead atoms. The summed E-state index contributed by atoms with van der Waals surface area (Å²) in [7, 11) is 0. The summed E-state index contributed by atoms with van der Waals surface area (Å²) in [5.74, 6) is -0.272. The monoisotopic (exact) mass is 259 g/mol. The molecule has 1 atom stereocenters. The normalized spacial score (nSPS) is 12.5. The minimum absolute atomic E-state index is 0.0351. The first-order chi connectivity index (χ1) is 8.08. The van der Waals surface area contributed by atoms with Crippen molar-refractivity contribution >= 4 is 11.6 Å². The molecule has 0 saturated heterocycles. The average Bonchev–Trinajstić information content (AvgIpc) is 2.28. The first-order valence-electron chi connectivity index (χ1n) is 5.94. The molecular formula is C13H19ClFNO. The van der Waals surface area contributed by atoms with Crippen molar-refractivity contribution in [1.82, 2.24) is 0 Å². The molecule has 2 N–H and O–H groups in total. The minimum atomic E-state index is -0.413. The third-order valence-electron chi connectivity index (χ3n) is 2.53. The van der Waals surface area contributed by atoms with Gasteiger partial charge < -0.3 is 10.5 Å². The molecule has 1 unspecified atom stereocenters. The zero-order valence-corrected chi connectivity index (χ0v) is 11.1. The molecule has 0 aliphatic heterocycles. The first kappa shape index (κ1) is 14.3.